The molecule has 1 aromatic carbocycles. The molecule has 1 aliphatic carbocycles. The molecule has 0 aromatic heterocycles. The lowest BCUT2D eigenvalue weighted by molar-refractivity contribution is -0.138. The number of nitrogens with zero attached hydrogens (tertiary/aromatic N) is 1. The number of rotatable bonds is 7. The van der Waals surface area contributed by atoms with Crippen molar-refractivity contribution in [1.82, 2.24) is 10.2 Å². The maximum absolute atomic E-state index is 12.8. The summed E-state index contributed by atoms with van der Waals surface area (Å²) < 4.78 is 43.6. The third kappa shape index (κ3) is 5.33. The van der Waals surface area contributed by atoms with Crippen LogP contribution in [0.5, 0.6) is 5.75 Å². The van der Waals surface area contributed by atoms with Crippen LogP contribution in [-0.2, 0) is 6.18 Å². The zero-order valence-corrected chi connectivity index (χ0v) is 13.0. The Morgan fingerprint density at radius 2 is 2.04 bits per heavy atom. The van der Waals surface area contributed by atoms with Gasteiger partial charge in [0, 0.05) is 13.1 Å². The van der Waals surface area contributed by atoms with Crippen molar-refractivity contribution < 1.29 is 22.7 Å². The molecule has 4 nitrogen and oxygen atoms in total. The molecule has 1 aromatic rings. The van der Waals surface area contributed by atoms with E-state index in [0.29, 0.717) is 12.5 Å². The van der Waals surface area contributed by atoms with Crippen molar-refractivity contribution in [1.29, 1.82) is 0 Å². The molecule has 0 spiro atoms. The van der Waals surface area contributed by atoms with Crippen LogP contribution >= 0.6 is 0 Å². The van der Waals surface area contributed by atoms with E-state index >= 15 is 0 Å². The molecule has 1 aliphatic rings. The maximum Gasteiger partial charge on any atom is 0.419 e. The Morgan fingerprint density at radius 3 is 2.65 bits per heavy atom. The van der Waals surface area contributed by atoms with E-state index in [2.05, 4.69) is 5.32 Å². The molecule has 23 heavy (non-hydrogen) atoms. The number of urea groups is 1. The van der Waals surface area contributed by atoms with Gasteiger partial charge in [-0.1, -0.05) is 12.1 Å². The number of ether oxygens (including phenoxy) is 1. The Bertz CT molecular complexity index is 530. The average Bonchev–Trinajstić information content (AvgIpc) is 3.32. The molecule has 0 aliphatic heterocycles. The molecular weight excluding hydrogens is 309 g/mol. The Labute approximate surface area is 133 Å². The fourth-order valence-electron chi connectivity index (χ4n) is 2.23. The molecule has 0 bridgehead atoms. The van der Waals surface area contributed by atoms with Gasteiger partial charge in [-0.2, -0.15) is 13.2 Å². The first-order chi connectivity index (χ1) is 10.9. The van der Waals surface area contributed by atoms with Gasteiger partial charge < -0.3 is 15.0 Å². The quantitative estimate of drug-likeness (QED) is 0.777. The molecule has 1 N–H and O–H groups in total. The van der Waals surface area contributed by atoms with E-state index in [4.69, 9.17) is 4.74 Å². The molecule has 0 unspecified atom stereocenters. The summed E-state index contributed by atoms with van der Waals surface area (Å²) in [4.78, 5) is 13.7. The molecule has 0 heterocycles. The lowest BCUT2D eigenvalue weighted by atomic mass is 10.2. The number of carbonyl (C=O) groups is 1. The normalized spacial score (nSPS) is 14.4. The first-order valence-electron chi connectivity index (χ1n) is 7.73. The van der Waals surface area contributed by atoms with Gasteiger partial charge in [-0.05, 0) is 37.8 Å². The Kier molecular flexibility index (Phi) is 5.74. The minimum atomic E-state index is -4.46. The minimum absolute atomic E-state index is 0.0141. The lowest BCUT2D eigenvalue weighted by Gasteiger charge is -2.21. The molecule has 1 saturated carbocycles. The monoisotopic (exact) mass is 330 g/mol. The molecular formula is C16H21F3N2O2. The maximum atomic E-state index is 12.8. The van der Waals surface area contributed by atoms with Crippen LogP contribution in [0.4, 0.5) is 18.0 Å². The smallest absolute Gasteiger partial charge is 0.419 e. The number of nitrogens with one attached hydrogen (secondary N) is 1. The van der Waals surface area contributed by atoms with Gasteiger partial charge in [0.05, 0.1) is 12.1 Å². The summed E-state index contributed by atoms with van der Waals surface area (Å²) in [6.07, 6.45) is -2.15. The number of benzene rings is 1. The van der Waals surface area contributed by atoms with Crippen LogP contribution in [0.3, 0.4) is 0 Å². The summed E-state index contributed by atoms with van der Waals surface area (Å²) in [5.74, 6) is 0.371. The lowest BCUT2D eigenvalue weighted by Crippen LogP contribution is -2.42. The predicted octanol–water partition coefficient (Wildman–Crippen LogP) is 3.53. The van der Waals surface area contributed by atoms with E-state index < -0.39 is 11.7 Å². The summed E-state index contributed by atoms with van der Waals surface area (Å²) >= 11 is 0. The van der Waals surface area contributed by atoms with Crippen LogP contribution in [0.1, 0.15) is 25.3 Å². The average molecular weight is 330 g/mol. The van der Waals surface area contributed by atoms with Gasteiger partial charge in [0.1, 0.15) is 12.4 Å². The van der Waals surface area contributed by atoms with E-state index in [1.54, 1.807) is 4.90 Å². The fraction of sp³-hybridized carbons (Fsp3) is 0.562. The molecule has 1 fully saturated rings. The van der Waals surface area contributed by atoms with Gasteiger partial charge in [-0.25, -0.2) is 4.79 Å². The van der Waals surface area contributed by atoms with Gasteiger partial charge in [-0.3, -0.25) is 0 Å². The molecule has 7 heteroatoms. The second kappa shape index (κ2) is 7.57. The number of carbonyl (C=O) groups excluding carboxylic acids is 1. The van der Waals surface area contributed by atoms with Crippen LogP contribution in [-0.4, -0.2) is 37.2 Å². The topological polar surface area (TPSA) is 41.6 Å². The van der Waals surface area contributed by atoms with E-state index in [0.717, 1.165) is 25.5 Å². The van der Waals surface area contributed by atoms with Crippen molar-refractivity contribution in [2.75, 3.05) is 26.2 Å². The summed E-state index contributed by atoms with van der Waals surface area (Å²) in [6, 6.07) is 4.84. The largest absolute Gasteiger partial charge is 0.491 e. The zero-order chi connectivity index (χ0) is 16.9. The van der Waals surface area contributed by atoms with Gasteiger partial charge in [-0.15, -0.1) is 0 Å². The number of para-hydroxylation sites is 1. The number of hydrogen-bond acceptors (Lipinski definition) is 2. The summed E-state index contributed by atoms with van der Waals surface area (Å²) in [7, 11) is 0. The minimum Gasteiger partial charge on any atom is -0.491 e. The second-order valence-corrected chi connectivity index (χ2v) is 5.56. The van der Waals surface area contributed by atoms with Crippen LogP contribution in [0.25, 0.3) is 0 Å². The van der Waals surface area contributed by atoms with Crippen molar-refractivity contribution in [3.8, 4) is 5.75 Å². The van der Waals surface area contributed by atoms with Crippen molar-refractivity contribution >= 4 is 6.03 Å². The van der Waals surface area contributed by atoms with Crippen molar-refractivity contribution in [2.24, 2.45) is 5.92 Å². The van der Waals surface area contributed by atoms with E-state index in [-0.39, 0.29) is 24.9 Å². The molecule has 0 saturated heterocycles. The highest BCUT2D eigenvalue weighted by molar-refractivity contribution is 5.74. The first kappa shape index (κ1) is 17.4. The SMILES string of the molecule is CCN(CC1CC1)C(=O)NCCOc1ccccc1C(F)(F)F. The van der Waals surface area contributed by atoms with Crippen molar-refractivity contribution in [3.63, 3.8) is 0 Å². The summed E-state index contributed by atoms with van der Waals surface area (Å²) in [5, 5.41) is 2.68. The third-order valence-corrected chi connectivity index (χ3v) is 3.67. The number of hydrogen-bond donors (Lipinski definition) is 1. The highest BCUT2D eigenvalue weighted by Crippen LogP contribution is 2.35. The van der Waals surface area contributed by atoms with Gasteiger partial charge >= 0.3 is 12.2 Å². The van der Waals surface area contributed by atoms with E-state index in [9.17, 15) is 18.0 Å². The van der Waals surface area contributed by atoms with Gasteiger partial charge in [0.15, 0.2) is 0 Å². The predicted molar refractivity (Wildman–Crippen MR) is 80.3 cm³/mol. The molecule has 128 valence electrons. The molecule has 0 radical (unpaired) electrons. The second-order valence-electron chi connectivity index (χ2n) is 5.56. The van der Waals surface area contributed by atoms with E-state index in [1.165, 1.54) is 18.2 Å². The summed E-state index contributed by atoms with van der Waals surface area (Å²) in [5.41, 5.74) is -0.810. The Morgan fingerprint density at radius 1 is 1.35 bits per heavy atom. The first-order valence-corrected chi connectivity index (χ1v) is 7.73. The third-order valence-electron chi connectivity index (χ3n) is 3.67. The number of alkyl halides is 3. The van der Waals surface area contributed by atoms with Crippen LogP contribution in [0.15, 0.2) is 24.3 Å². The highest BCUT2D eigenvalue weighted by atomic mass is 19.4. The number of halogens is 3. The van der Waals surface area contributed by atoms with E-state index in [1.807, 2.05) is 6.92 Å². The highest BCUT2D eigenvalue weighted by Gasteiger charge is 2.34. The molecule has 0 atom stereocenters. The van der Waals surface area contributed by atoms with Crippen LogP contribution < -0.4 is 10.1 Å². The molecule has 2 rings (SSSR count). The standard InChI is InChI=1S/C16H21F3N2O2/c1-2-21(11-12-7-8-12)15(22)20-9-10-23-14-6-4-3-5-13(14)16(17,18)19/h3-6,12H,2,7-11H2,1H3,(H,20,22). The Balaban J connectivity index is 1.78. The van der Waals surface area contributed by atoms with Gasteiger partial charge in [0.2, 0.25) is 0 Å². The summed E-state index contributed by atoms with van der Waals surface area (Å²) in [6.45, 7) is 3.39. The fourth-order valence-corrected chi connectivity index (χ4v) is 2.23. The van der Waals surface area contributed by atoms with Crippen LogP contribution in [0.2, 0.25) is 0 Å². The number of amides is 2. The van der Waals surface area contributed by atoms with Crippen molar-refractivity contribution in [3.05, 3.63) is 29.8 Å². The van der Waals surface area contributed by atoms with Crippen LogP contribution in [0, 0.1) is 5.92 Å². The zero-order valence-electron chi connectivity index (χ0n) is 13.0. The van der Waals surface area contributed by atoms with Gasteiger partial charge in [0.25, 0.3) is 0 Å². The van der Waals surface area contributed by atoms with Crippen molar-refractivity contribution in [2.45, 2.75) is 25.9 Å². The Hall–Kier alpha value is -1.92. The molecule has 2 amide bonds.